The molecule has 3 nitrogen and oxygen atoms in total. The average molecular weight is 431 g/mol. The molecular formula is C23H17Cl2FO3. The van der Waals surface area contributed by atoms with Gasteiger partial charge in [-0.3, -0.25) is 0 Å². The van der Waals surface area contributed by atoms with Crippen LogP contribution in [0.15, 0.2) is 72.8 Å². The third-order valence-electron chi connectivity index (χ3n) is 4.03. The molecule has 0 aliphatic rings. The first kappa shape index (κ1) is 20.9. The number of halogens is 3. The van der Waals surface area contributed by atoms with E-state index in [1.54, 1.807) is 48.5 Å². The van der Waals surface area contributed by atoms with Gasteiger partial charge in [-0.2, -0.15) is 0 Å². The van der Waals surface area contributed by atoms with E-state index in [0.717, 1.165) is 11.1 Å². The zero-order chi connectivity index (χ0) is 20.6. The zero-order valence-electron chi connectivity index (χ0n) is 15.3. The molecule has 0 saturated heterocycles. The van der Waals surface area contributed by atoms with Crippen LogP contribution in [0.1, 0.15) is 16.7 Å². The van der Waals surface area contributed by atoms with Crippen molar-refractivity contribution in [2.24, 2.45) is 0 Å². The summed E-state index contributed by atoms with van der Waals surface area (Å²) in [6.07, 6.45) is 2.98. The highest BCUT2D eigenvalue weighted by atomic mass is 35.5. The molecule has 29 heavy (non-hydrogen) atoms. The second kappa shape index (κ2) is 10.1. The van der Waals surface area contributed by atoms with E-state index in [1.807, 2.05) is 12.1 Å². The topological polar surface area (TPSA) is 35.5 Å². The smallest absolute Gasteiger partial charge is 0.331 e. The van der Waals surface area contributed by atoms with Crippen LogP contribution in [0.2, 0.25) is 10.0 Å². The first-order valence-corrected chi connectivity index (χ1v) is 9.52. The Kier molecular flexibility index (Phi) is 7.28. The molecule has 0 aromatic heterocycles. The van der Waals surface area contributed by atoms with Crippen LogP contribution < -0.4 is 4.74 Å². The molecule has 0 fully saturated rings. The molecule has 0 amide bonds. The van der Waals surface area contributed by atoms with Crippen molar-refractivity contribution >= 4 is 35.2 Å². The molecule has 0 N–H and O–H groups in total. The van der Waals surface area contributed by atoms with Crippen molar-refractivity contribution in [1.29, 1.82) is 0 Å². The van der Waals surface area contributed by atoms with Crippen molar-refractivity contribution in [1.82, 2.24) is 0 Å². The number of carbonyl (C=O) groups is 1. The highest BCUT2D eigenvalue weighted by Gasteiger charge is 2.06. The summed E-state index contributed by atoms with van der Waals surface area (Å²) < 4.78 is 23.7. The highest BCUT2D eigenvalue weighted by molar-refractivity contribution is 6.35. The highest BCUT2D eigenvalue weighted by Crippen LogP contribution is 2.26. The molecule has 3 aromatic carbocycles. The van der Waals surface area contributed by atoms with Crippen LogP contribution in [0.5, 0.6) is 5.75 Å². The molecule has 0 atom stereocenters. The molecule has 0 saturated carbocycles. The van der Waals surface area contributed by atoms with Crippen molar-refractivity contribution in [3.05, 3.63) is 105 Å². The predicted molar refractivity (Wildman–Crippen MR) is 112 cm³/mol. The molecule has 6 heteroatoms. The lowest BCUT2D eigenvalue weighted by molar-refractivity contribution is -0.138. The van der Waals surface area contributed by atoms with Gasteiger partial charge in [0.1, 0.15) is 24.8 Å². The van der Waals surface area contributed by atoms with E-state index in [-0.39, 0.29) is 19.0 Å². The van der Waals surface area contributed by atoms with Crippen LogP contribution in [0, 0.1) is 5.82 Å². The summed E-state index contributed by atoms with van der Waals surface area (Å²) in [4.78, 5) is 11.8. The fourth-order valence-corrected chi connectivity index (χ4v) is 2.95. The van der Waals surface area contributed by atoms with Crippen molar-refractivity contribution in [2.75, 3.05) is 0 Å². The Morgan fingerprint density at radius 3 is 2.21 bits per heavy atom. The van der Waals surface area contributed by atoms with E-state index in [2.05, 4.69) is 0 Å². The minimum absolute atomic E-state index is 0.0842. The Balaban J connectivity index is 1.50. The van der Waals surface area contributed by atoms with Crippen LogP contribution in [-0.2, 0) is 22.7 Å². The van der Waals surface area contributed by atoms with Crippen LogP contribution in [0.3, 0.4) is 0 Å². The molecule has 3 aromatic rings. The molecule has 0 bridgehead atoms. The second-order valence-corrected chi connectivity index (χ2v) is 6.94. The first-order chi connectivity index (χ1) is 14.0. The number of rotatable bonds is 7. The molecule has 0 unspecified atom stereocenters. The van der Waals surface area contributed by atoms with Crippen molar-refractivity contribution in [2.45, 2.75) is 13.2 Å². The van der Waals surface area contributed by atoms with Gasteiger partial charge < -0.3 is 9.47 Å². The largest absolute Gasteiger partial charge is 0.489 e. The first-order valence-electron chi connectivity index (χ1n) is 8.76. The van der Waals surface area contributed by atoms with E-state index in [4.69, 9.17) is 32.7 Å². The number of hydrogen-bond donors (Lipinski definition) is 0. The van der Waals surface area contributed by atoms with Crippen molar-refractivity contribution in [3.8, 4) is 5.75 Å². The Hall–Kier alpha value is -2.82. The molecule has 0 heterocycles. The fraction of sp³-hybridized carbons (Fsp3) is 0.0870. The lowest BCUT2D eigenvalue weighted by Gasteiger charge is -2.09. The summed E-state index contributed by atoms with van der Waals surface area (Å²) in [5.41, 5.74) is 2.25. The minimum Gasteiger partial charge on any atom is -0.489 e. The summed E-state index contributed by atoms with van der Waals surface area (Å²) in [6, 6.07) is 18.3. The van der Waals surface area contributed by atoms with Gasteiger partial charge in [0.2, 0.25) is 0 Å². The van der Waals surface area contributed by atoms with Gasteiger partial charge in [-0.05, 0) is 53.6 Å². The maximum absolute atomic E-state index is 12.9. The third-order valence-corrected chi connectivity index (χ3v) is 4.74. The molecule has 0 aliphatic heterocycles. The van der Waals surface area contributed by atoms with E-state index in [0.29, 0.717) is 21.4 Å². The predicted octanol–water partition coefficient (Wildman–Crippen LogP) is 6.47. The number of benzene rings is 3. The van der Waals surface area contributed by atoms with E-state index in [1.165, 1.54) is 18.2 Å². The quantitative estimate of drug-likeness (QED) is 0.318. The van der Waals surface area contributed by atoms with Crippen LogP contribution >= 0.6 is 23.2 Å². The van der Waals surface area contributed by atoms with Gasteiger partial charge in [-0.1, -0.05) is 53.5 Å². The van der Waals surface area contributed by atoms with Gasteiger partial charge in [-0.15, -0.1) is 0 Å². The molecule has 0 aliphatic carbocycles. The number of ether oxygens (including phenoxy) is 2. The maximum atomic E-state index is 12.9. The normalized spacial score (nSPS) is 10.9. The minimum atomic E-state index is -0.483. The summed E-state index contributed by atoms with van der Waals surface area (Å²) >= 11 is 12.3. The average Bonchev–Trinajstić information content (AvgIpc) is 2.72. The van der Waals surface area contributed by atoms with Gasteiger partial charge in [0.15, 0.2) is 0 Å². The Morgan fingerprint density at radius 1 is 0.897 bits per heavy atom. The molecule has 0 spiro atoms. The maximum Gasteiger partial charge on any atom is 0.331 e. The van der Waals surface area contributed by atoms with E-state index < -0.39 is 5.97 Å². The molecular weight excluding hydrogens is 414 g/mol. The standard InChI is InChI=1S/C23H17Cl2FO3/c24-21-2-1-3-22(25)20(21)15-28-19-11-6-16(7-12-19)8-13-23(27)29-14-17-4-9-18(26)10-5-17/h1-13H,14-15H2/b13-8+. The van der Waals surface area contributed by atoms with Gasteiger partial charge >= 0.3 is 5.97 Å². The zero-order valence-corrected chi connectivity index (χ0v) is 16.8. The number of carbonyl (C=O) groups excluding carboxylic acids is 1. The van der Waals surface area contributed by atoms with E-state index in [9.17, 15) is 9.18 Å². The summed E-state index contributed by atoms with van der Waals surface area (Å²) in [5.74, 6) is -0.164. The second-order valence-electron chi connectivity index (χ2n) is 6.13. The monoisotopic (exact) mass is 430 g/mol. The SMILES string of the molecule is O=C(/C=C/c1ccc(OCc2c(Cl)cccc2Cl)cc1)OCc1ccc(F)cc1. The summed E-state index contributed by atoms with van der Waals surface area (Å²) in [6.45, 7) is 0.338. The van der Waals surface area contributed by atoms with Crippen LogP contribution in [0.4, 0.5) is 4.39 Å². The number of hydrogen-bond acceptors (Lipinski definition) is 3. The Morgan fingerprint density at radius 2 is 1.55 bits per heavy atom. The van der Waals surface area contributed by atoms with Crippen LogP contribution in [0.25, 0.3) is 6.08 Å². The van der Waals surface area contributed by atoms with E-state index >= 15 is 0 Å². The van der Waals surface area contributed by atoms with Crippen LogP contribution in [-0.4, -0.2) is 5.97 Å². The lowest BCUT2D eigenvalue weighted by Crippen LogP contribution is -2.00. The molecule has 148 valence electrons. The Bertz CT molecular complexity index is 979. The summed E-state index contributed by atoms with van der Waals surface area (Å²) in [5, 5.41) is 1.10. The van der Waals surface area contributed by atoms with Gasteiger partial charge in [0.25, 0.3) is 0 Å². The number of esters is 1. The molecule has 3 rings (SSSR count). The van der Waals surface area contributed by atoms with Gasteiger partial charge in [0.05, 0.1) is 0 Å². The van der Waals surface area contributed by atoms with Crippen molar-refractivity contribution < 1.29 is 18.7 Å². The van der Waals surface area contributed by atoms with Gasteiger partial charge in [-0.25, -0.2) is 9.18 Å². The Labute approximate surface area is 178 Å². The lowest BCUT2D eigenvalue weighted by atomic mass is 10.2. The molecule has 0 radical (unpaired) electrons. The third kappa shape index (κ3) is 6.34. The van der Waals surface area contributed by atoms with Crippen molar-refractivity contribution in [3.63, 3.8) is 0 Å². The van der Waals surface area contributed by atoms with Gasteiger partial charge in [0, 0.05) is 21.7 Å². The fourth-order valence-electron chi connectivity index (χ4n) is 2.45. The summed E-state index contributed by atoms with van der Waals surface area (Å²) in [7, 11) is 0.